The Labute approximate surface area is 144 Å². The smallest absolute Gasteiger partial charge is 0.312 e. The molecule has 0 aliphatic rings. The number of hydrogen-bond donors (Lipinski definition) is 3. The van der Waals surface area contributed by atoms with Gasteiger partial charge in [-0.1, -0.05) is 52.0 Å². The Kier molecular flexibility index (Phi) is 8.26. The van der Waals surface area contributed by atoms with E-state index in [1.54, 1.807) is 0 Å². The van der Waals surface area contributed by atoms with Crippen LogP contribution in [0.15, 0.2) is 24.3 Å². The van der Waals surface area contributed by atoms with Crippen LogP contribution in [0.5, 0.6) is 0 Å². The van der Waals surface area contributed by atoms with Gasteiger partial charge in [0.2, 0.25) is 5.91 Å². The van der Waals surface area contributed by atoms with Crippen LogP contribution >= 0.6 is 0 Å². The van der Waals surface area contributed by atoms with Crippen LogP contribution in [0.25, 0.3) is 0 Å². The van der Waals surface area contributed by atoms with Crippen LogP contribution in [0, 0.1) is 5.92 Å². The molecular weight excluding hydrogens is 304 g/mol. The maximum Gasteiger partial charge on any atom is 0.312 e. The average molecular weight is 334 g/mol. The van der Waals surface area contributed by atoms with Gasteiger partial charge in [0.1, 0.15) is 6.04 Å². The molecule has 24 heavy (non-hydrogen) atoms. The second kappa shape index (κ2) is 9.93. The number of nitrogens with two attached hydrogens (primary N) is 1. The van der Waals surface area contributed by atoms with E-state index in [-0.39, 0.29) is 11.8 Å². The average Bonchev–Trinajstić information content (AvgIpc) is 2.56. The normalized spacial score (nSPS) is 12.2. The summed E-state index contributed by atoms with van der Waals surface area (Å²) in [6, 6.07) is 6.90. The molecule has 0 aliphatic heterocycles. The molecule has 0 unspecified atom stereocenters. The zero-order valence-corrected chi connectivity index (χ0v) is 15.1. The van der Waals surface area contributed by atoms with Crippen LogP contribution in [0.1, 0.15) is 38.8 Å². The molecule has 6 nitrogen and oxygen atoms in total. The number of hydrogen-bond acceptors (Lipinski definition) is 3. The number of amides is 3. The molecule has 0 saturated heterocycles. The van der Waals surface area contributed by atoms with Gasteiger partial charge in [0.15, 0.2) is 0 Å². The van der Waals surface area contributed by atoms with E-state index in [9.17, 15) is 9.59 Å². The van der Waals surface area contributed by atoms with Crippen LogP contribution in [0.4, 0.5) is 4.79 Å². The van der Waals surface area contributed by atoms with Gasteiger partial charge in [-0.05, 0) is 30.1 Å². The molecule has 1 aromatic rings. The summed E-state index contributed by atoms with van der Waals surface area (Å²) in [6.45, 7) is 11.4. The van der Waals surface area contributed by atoms with Gasteiger partial charge in [-0.2, -0.15) is 0 Å². The zero-order valence-electron chi connectivity index (χ0n) is 15.1. The highest BCUT2D eigenvalue weighted by Crippen LogP contribution is 2.08. The maximum absolute atomic E-state index is 12.2. The molecule has 0 spiro atoms. The zero-order chi connectivity index (χ0) is 18.1. The Morgan fingerprint density at radius 3 is 2.08 bits per heavy atom. The first-order valence-corrected chi connectivity index (χ1v) is 8.51. The van der Waals surface area contributed by atoms with Crippen molar-refractivity contribution < 1.29 is 9.59 Å². The largest absolute Gasteiger partial charge is 0.352 e. The van der Waals surface area contributed by atoms with Crippen LogP contribution in [-0.4, -0.2) is 36.0 Å². The third kappa shape index (κ3) is 6.58. The lowest BCUT2D eigenvalue weighted by atomic mass is 10.0. The predicted molar refractivity (Wildman–Crippen MR) is 96.3 cm³/mol. The van der Waals surface area contributed by atoms with E-state index in [4.69, 9.17) is 5.73 Å². The van der Waals surface area contributed by atoms with E-state index < -0.39 is 12.1 Å². The Morgan fingerprint density at radius 1 is 1.08 bits per heavy atom. The molecule has 6 heteroatoms. The molecule has 0 aromatic heterocycles. The summed E-state index contributed by atoms with van der Waals surface area (Å²) >= 11 is 0. The highest BCUT2D eigenvalue weighted by molar-refractivity contribution is 5.86. The first-order valence-electron chi connectivity index (χ1n) is 8.51. The molecule has 0 bridgehead atoms. The molecule has 0 fully saturated rings. The number of nitrogens with zero attached hydrogens (tertiary/aromatic N) is 1. The van der Waals surface area contributed by atoms with Crippen molar-refractivity contribution in [2.45, 2.75) is 46.8 Å². The Morgan fingerprint density at radius 2 is 1.62 bits per heavy atom. The van der Waals surface area contributed by atoms with E-state index in [1.807, 2.05) is 26.0 Å². The van der Waals surface area contributed by atoms with E-state index in [1.165, 1.54) is 5.56 Å². The Bertz CT molecular complexity index is 524. The van der Waals surface area contributed by atoms with Crippen molar-refractivity contribution in [2.24, 2.45) is 11.7 Å². The third-order valence-electron chi connectivity index (χ3n) is 4.04. The lowest BCUT2D eigenvalue weighted by Gasteiger charge is -2.20. The van der Waals surface area contributed by atoms with Gasteiger partial charge in [-0.25, -0.2) is 4.79 Å². The minimum absolute atomic E-state index is 0.0334. The van der Waals surface area contributed by atoms with Gasteiger partial charge in [0.05, 0.1) is 0 Å². The predicted octanol–water partition coefficient (Wildman–Crippen LogP) is 1.84. The number of carbonyl (C=O) groups is 2. The van der Waals surface area contributed by atoms with Crippen molar-refractivity contribution in [1.82, 2.24) is 15.5 Å². The molecule has 0 heterocycles. The molecule has 0 saturated carbocycles. The molecule has 4 N–H and O–H groups in total. The van der Waals surface area contributed by atoms with Gasteiger partial charge in [-0.3, -0.25) is 9.69 Å². The Hall–Kier alpha value is -2.08. The molecule has 134 valence electrons. The van der Waals surface area contributed by atoms with Gasteiger partial charge >= 0.3 is 6.03 Å². The van der Waals surface area contributed by atoms with Gasteiger partial charge < -0.3 is 16.4 Å². The van der Waals surface area contributed by atoms with E-state index in [2.05, 4.69) is 41.5 Å². The topological polar surface area (TPSA) is 87.5 Å². The summed E-state index contributed by atoms with van der Waals surface area (Å²) in [5, 5.41) is 5.33. The quantitative estimate of drug-likeness (QED) is 0.644. The minimum Gasteiger partial charge on any atom is -0.352 e. The summed E-state index contributed by atoms with van der Waals surface area (Å²) in [7, 11) is 0. The van der Waals surface area contributed by atoms with Crippen LogP contribution in [0.2, 0.25) is 0 Å². The second-order valence-corrected chi connectivity index (χ2v) is 6.23. The van der Waals surface area contributed by atoms with Gasteiger partial charge in [0, 0.05) is 13.1 Å². The van der Waals surface area contributed by atoms with Crippen LogP contribution < -0.4 is 16.4 Å². The van der Waals surface area contributed by atoms with Crippen molar-refractivity contribution in [1.29, 1.82) is 0 Å². The highest BCUT2D eigenvalue weighted by atomic mass is 16.2. The fourth-order valence-corrected chi connectivity index (χ4v) is 2.46. The number of carbonyl (C=O) groups excluding carboxylic acids is 2. The first-order chi connectivity index (χ1) is 11.4. The van der Waals surface area contributed by atoms with E-state index in [0.29, 0.717) is 6.54 Å². The van der Waals surface area contributed by atoms with Crippen molar-refractivity contribution in [2.75, 3.05) is 13.1 Å². The van der Waals surface area contributed by atoms with Crippen molar-refractivity contribution >= 4 is 11.9 Å². The SMILES string of the molecule is CCN(CC)Cc1ccc(CNC(=O)[C@@H](NC(N)=O)C(C)C)cc1. The number of benzene rings is 1. The van der Waals surface area contributed by atoms with Crippen molar-refractivity contribution in [3.8, 4) is 0 Å². The van der Waals surface area contributed by atoms with Crippen molar-refractivity contribution in [3.05, 3.63) is 35.4 Å². The molecule has 1 aromatic carbocycles. The van der Waals surface area contributed by atoms with E-state index >= 15 is 0 Å². The summed E-state index contributed by atoms with van der Waals surface area (Å²) in [6.07, 6.45) is 0. The number of rotatable bonds is 9. The van der Waals surface area contributed by atoms with Crippen LogP contribution in [-0.2, 0) is 17.9 Å². The molecule has 0 radical (unpaired) electrons. The van der Waals surface area contributed by atoms with Crippen LogP contribution in [0.3, 0.4) is 0 Å². The fraction of sp³-hybridized carbons (Fsp3) is 0.556. The third-order valence-corrected chi connectivity index (χ3v) is 4.04. The van der Waals surface area contributed by atoms with E-state index in [0.717, 1.165) is 25.2 Å². The molecule has 1 atom stereocenters. The van der Waals surface area contributed by atoms with Gasteiger partial charge in [0.25, 0.3) is 0 Å². The Balaban J connectivity index is 2.57. The highest BCUT2D eigenvalue weighted by Gasteiger charge is 2.22. The minimum atomic E-state index is -0.690. The molecule has 1 rings (SSSR count). The second-order valence-electron chi connectivity index (χ2n) is 6.23. The summed E-state index contributed by atoms with van der Waals surface area (Å²) in [4.78, 5) is 25.5. The van der Waals surface area contributed by atoms with Gasteiger partial charge in [-0.15, -0.1) is 0 Å². The monoisotopic (exact) mass is 334 g/mol. The summed E-state index contributed by atoms with van der Waals surface area (Å²) < 4.78 is 0. The number of primary amides is 1. The summed E-state index contributed by atoms with van der Waals surface area (Å²) in [5.74, 6) is -0.259. The maximum atomic E-state index is 12.2. The lowest BCUT2D eigenvalue weighted by molar-refractivity contribution is -0.124. The standard InChI is InChI=1S/C18H30N4O2/c1-5-22(6-2)12-15-9-7-14(8-10-15)11-20-17(23)16(13(3)4)21-18(19)24/h7-10,13,16H,5-6,11-12H2,1-4H3,(H,20,23)(H3,19,21,24)/t16-/m0/s1. The molecular formula is C18H30N4O2. The summed E-state index contributed by atoms with van der Waals surface area (Å²) in [5.41, 5.74) is 7.40. The molecule has 0 aliphatic carbocycles. The number of nitrogens with one attached hydrogen (secondary N) is 2. The number of urea groups is 1. The lowest BCUT2D eigenvalue weighted by Crippen LogP contribution is -2.51. The van der Waals surface area contributed by atoms with Crippen molar-refractivity contribution in [3.63, 3.8) is 0 Å². The fourth-order valence-electron chi connectivity index (χ4n) is 2.46. The first kappa shape index (κ1) is 20.0. The molecule has 3 amide bonds.